The topological polar surface area (TPSA) is 37.8 Å². The van der Waals surface area contributed by atoms with Crippen LogP contribution in [0.3, 0.4) is 0 Å². The van der Waals surface area contributed by atoms with Crippen LogP contribution in [0.25, 0.3) is 0 Å². The van der Waals surface area contributed by atoms with Crippen LogP contribution in [-0.4, -0.2) is 61.4 Å². The van der Waals surface area contributed by atoms with Gasteiger partial charge in [0.25, 0.3) is 0 Å². The highest BCUT2D eigenvalue weighted by Gasteiger charge is 2.49. The second kappa shape index (κ2) is 8.92. The molecule has 3 saturated heterocycles. The van der Waals surface area contributed by atoms with Gasteiger partial charge in [0, 0.05) is 36.7 Å². The van der Waals surface area contributed by atoms with Crippen molar-refractivity contribution in [2.75, 3.05) is 44.3 Å². The van der Waals surface area contributed by atoms with Crippen molar-refractivity contribution in [3.8, 4) is 5.75 Å². The zero-order valence-electron chi connectivity index (χ0n) is 19.9. The van der Waals surface area contributed by atoms with Crippen molar-refractivity contribution in [1.82, 2.24) is 9.88 Å². The van der Waals surface area contributed by atoms with Gasteiger partial charge in [0.15, 0.2) is 0 Å². The average Bonchev–Trinajstić information content (AvgIpc) is 3.50. The Balaban J connectivity index is 1.02. The van der Waals surface area contributed by atoms with Gasteiger partial charge in [-0.2, -0.15) is 0 Å². The van der Waals surface area contributed by atoms with Crippen molar-refractivity contribution in [3.63, 3.8) is 0 Å². The van der Waals surface area contributed by atoms with Crippen LogP contribution in [0.15, 0.2) is 42.6 Å². The highest BCUT2D eigenvalue weighted by molar-refractivity contribution is 5.48. The molecule has 4 fully saturated rings. The molecule has 4 aliphatic rings. The second-order valence-corrected chi connectivity index (χ2v) is 10.9. The lowest BCUT2D eigenvalue weighted by Gasteiger charge is -2.50. The summed E-state index contributed by atoms with van der Waals surface area (Å²) in [7, 11) is 0. The fourth-order valence-electron chi connectivity index (χ4n) is 6.65. The molecule has 5 heteroatoms. The number of piperidine rings is 1. The van der Waals surface area contributed by atoms with Crippen LogP contribution in [0.4, 0.5) is 5.69 Å². The van der Waals surface area contributed by atoms with Crippen LogP contribution in [0, 0.1) is 12.3 Å². The fourth-order valence-corrected chi connectivity index (χ4v) is 6.65. The maximum absolute atomic E-state index is 6.34. The largest absolute Gasteiger partial charge is 0.488 e. The molecule has 0 unspecified atom stereocenters. The molecule has 1 aliphatic carbocycles. The van der Waals surface area contributed by atoms with Gasteiger partial charge in [0.05, 0.1) is 25.1 Å². The van der Waals surface area contributed by atoms with Crippen LogP contribution in [-0.2, 0) is 4.74 Å². The summed E-state index contributed by atoms with van der Waals surface area (Å²) in [6, 6.07) is 13.9. The second-order valence-electron chi connectivity index (χ2n) is 10.9. The van der Waals surface area contributed by atoms with Crippen molar-refractivity contribution in [1.29, 1.82) is 0 Å². The summed E-state index contributed by atoms with van der Waals surface area (Å²) >= 11 is 0. The van der Waals surface area contributed by atoms with E-state index in [9.17, 15) is 0 Å². The summed E-state index contributed by atoms with van der Waals surface area (Å²) in [6.45, 7) is 8.47. The van der Waals surface area contributed by atoms with Gasteiger partial charge >= 0.3 is 0 Å². The van der Waals surface area contributed by atoms with E-state index in [0.717, 1.165) is 37.1 Å². The van der Waals surface area contributed by atoms with Crippen LogP contribution < -0.4 is 9.64 Å². The number of benzene rings is 1. The van der Waals surface area contributed by atoms with E-state index in [2.05, 4.69) is 58.1 Å². The van der Waals surface area contributed by atoms with Crippen LogP contribution >= 0.6 is 0 Å². The number of hydrogen-bond acceptors (Lipinski definition) is 5. The maximum atomic E-state index is 6.34. The number of pyridine rings is 1. The smallest absolute Gasteiger partial charge is 0.124 e. The van der Waals surface area contributed by atoms with Crippen molar-refractivity contribution in [3.05, 3.63) is 53.9 Å². The molecule has 1 aromatic carbocycles. The first-order valence-electron chi connectivity index (χ1n) is 12.9. The van der Waals surface area contributed by atoms with Gasteiger partial charge in [-0.05, 0) is 81.8 Å². The zero-order chi connectivity index (χ0) is 22.3. The summed E-state index contributed by atoms with van der Waals surface area (Å²) in [5.41, 5.74) is 4.34. The quantitative estimate of drug-likeness (QED) is 0.658. The van der Waals surface area contributed by atoms with E-state index >= 15 is 0 Å². The number of nitrogens with zero attached hydrogens (tertiary/aromatic N) is 3. The molecule has 1 saturated carbocycles. The molecule has 0 N–H and O–H groups in total. The Hall–Kier alpha value is -2.11. The van der Waals surface area contributed by atoms with Crippen molar-refractivity contribution >= 4 is 5.69 Å². The highest BCUT2D eigenvalue weighted by atomic mass is 16.5. The minimum Gasteiger partial charge on any atom is -0.488 e. The van der Waals surface area contributed by atoms with Crippen molar-refractivity contribution in [2.45, 2.75) is 63.5 Å². The SMILES string of the molecule is Cc1ccc(N2CC3(CC[C@@H](N4CCC(c5ccccc5O[C@@H]5CCOC5)CC4)C3)C2)cn1. The maximum Gasteiger partial charge on any atom is 0.124 e. The Morgan fingerprint density at radius 1 is 1.03 bits per heavy atom. The predicted molar refractivity (Wildman–Crippen MR) is 131 cm³/mol. The third kappa shape index (κ3) is 4.38. The summed E-state index contributed by atoms with van der Waals surface area (Å²) in [4.78, 5) is 9.81. The van der Waals surface area contributed by atoms with Gasteiger partial charge in [0.2, 0.25) is 0 Å². The van der Waals surface area contributed by atoms with E-state index in [1.165, 1.54) is 69.5 Å². The van der Waals surface area contributed by atoms with Gasteiger partial charge in [-0.1, -0.05) is 18.2 Å². The van der Waals surface area contributed by atoms with E-state index in [4.69, 9.17) is 9.47 Å². The lowest BCUT2D eigenvalue weighted by Crippen LogP contribution is -2.56. The van der Waals surface area contributed by atoms with E-state index in [1.54, 1.807) is 0 Å². The van der Waals surface area contributed by atoms with E-state index in [-0.39, 0.29) is 6.10 Å². The van der Waals surface area contributed by atoms with E-state index < -0.39 is 0 Å². The predicted octanol–water partition coefficient (Wildman–Crippen LogP) is 4.80. The van der Waals surface area contributed by atoms with Gasteiger partial charge in [-0.25, -0.2) is 0 Å². The Labute approximate surface area is 198 Å². The Morgan fingerprint density at radius 3 is 2.64 bits per heavy atom. The molecule has 33 heavy (non-hydrogen) atoms. The molecule has 0 amide bonds. The first kappa shape index (κ1) is 21.4. The van der Waals surface area contributed by atoms with E-state index in [1.807, 2.05) is 6.20 Å². The molecule has 2 aromatic rings. The fraction of sp³-hybridized carbons (Fsp3) is 0.607. The number of rotatable bonds is 5. The Morgan fingerprint density at radius 2 is 1.88 bits per heavy atom. The standard InChI is InChI=1S/C28H37N3O2/c1-21-6-7-24(17-29-21)31-19-28(20-31)12-8-23(16-28)30-13-9-22(10-14-30)26-4-2-3-5-27(26)33-25-11-15-32-18-25/h2-7,17,22-23,25H,8-16,18-20H2,1H3/t23-,25-/m1/s1. The third-order valence-corrected chi connectivity index (χ3v) is 8.58. The number of likely N-dealkylation sites (tertiary alicyclic amines) is 1. The van der Waals surface area contributed by atoms with Gasteiger partial charge in [-0.3, -0.25) is 4.98 Å². The minimum atomic E-state index is 0.221. The number of hydrogen-bond donors (Lipinski definition) is 0. The molecule has 3 aliphatic heterocycles. The minimum absolute atomic E-state index is 0.221. The molecule has 0 bridgehead atoms. The Bertz CT molecular complexity index is 942. The monoisotopic (exact) mass is 447 g/mol. The molecular weight excluding hydrogens is 410 g/mol. The molecule has 176 valence electrons. The van der Waals surface area contributed by atoms with Crippen LogP contribution in [0.5, 0.6) is 5.75 Å². The third-order valence-electron chi connectivity index (χ3n) is 8.58. The van der Waals surface area contributed by atoms with E-state index in [0.29, 0.717) is 11.3 Å². The number of para-hydroxylation sites is 1. The first-order valence-corrected chi connectivity index (χ1v) is 12.9. The van der Waals surface area contributed by atoms with Gasteiger partial charge in [-0.15, -0.1) is 0 Å². The summed E-state index contributed by atoms with van der Waals surface area (Å²) in [5.74, 6) is 1.70. The van der Waals surface area contributed by atoms with Crippen molar-refractivity contribution < 1.29 is 9.47 Å². The Kier molecular flexibility index (Phi) is 5.79. The highest BCUT2D eigenvalue weighted by Crippen LogP contribution is 2.49. The number of ether oxygens (including phenoxy) is 2. The number of aromatic nitrogens is 1. The molecule has 4 heterocycles. The number of anilines is 1. The molecule has 1 aromatic heterocycles. The molecule has 0 radical (unpaired) electrons. The first-order chi connectivity index (χ1) is 16.2. The average molecular weight is 448 g/mol. The molecule has 2 atom stereocenters. The lowest BCUT2D eigenvalue weighted by atomic mass is 9.77. The summed E-state index contributed by atoms with van der Waals surface area (Å²) in [5, 5.41) is 0. The molecular formula is C28H37N3O2. The van der Waals surface area contributed by atoms with Gasteiger partial charge in [0.1, 0.15) is 11.9 Å². The molecule has 5 nitrogen and oxygen atoms in total. The zero-order valence-corrected chi connectivity index (χ0v) is 19.9. The molecule has 1 spiro atoms. The normalized spacial score (nSPS) is 27.7. The van der Waals surface area contributed by atoms with Crippen molar-refractivity contribution in [2.24, 2.45) is 5.41 Å². The van der Waals surface area contributed by atoms with Gasteiger partial charge < -0.3 is 19.3 Å². The summed E-state index contributed by atoms with van der Waals surface area (Å²) < 4.78 is 11.9. The van der Waals surface area contributed by atoms with Crippen LogP contribution in [0.2, 0.25) is 0 Å². The number of aryl methyl sites for hydroxylation is 1. The summed E-state index contributed by atoms with van der Waals surface area (Å²) in [6.07, 6.45) is 9.88. The molecule has 6 rings (SSSR count). The lowest BCUT2D eigenvalue weighted by molar-refractivity contribution is 0.127. The van der Waals surface area contributed by atoms with Crippen LogP contribution in [0.1, 0.15) is 55.7 Å².